The number of hydrogen-bond donors (Lipinski definition) is 2. The molecule has 0 radical (unpaired) electrons. The lowest BCUT2D eigenvalue weighted by molar-refractivity contribution is 0.0597. The number of amides is 1. The smallest absolute Gasteiger partial charge is 0.257 e. The summed E-state index contributed by atoms with van der Waals surface area (Å²) < 4.78 is 0.733. The average Bonchev–Trinajstić information content (AvgIpc) is 2.63. The Hall–Kier alpha value is -1.07. The molecular weight excluding hydrogens is 310 g/mol. The highest BCUT2D eigenvalue weighted by Crippen LogP contribution is 2.26. The van der Waals surface area contributed by atoms with Crippen LogP contribution >= 0.6 is 15.9 Å². The van der Waals surface area contributed by atoms with Gasteiger partial charge in [-0.15, -0.1) is 0 Å². The quantitative estimate of drug-likeness (QED) is 0.877. The van der Waals surface area contributed by atoms with Gasteiger partial charge in [0.15, 0.2) is 0 Å². The Balaban J connectivity index is 2.25. The van der Waals surface area contributed by atoms with E-state index in [-0.39, 0.29) is 24.3 Å². The molecule has 1 heterocycles. The number of aliphatic hydroxyl groups excluding tert-OH is 1. The van der Waals surface area contributed by atoms with E-state index in [2.05, 4.69) is 15.9 Å². The number of phenolic OH excluding ortho intramolecular Hbond substituents is 1. The largest absolute Gasteiger partial charge is 0.507 e. The highest BCUT2D eigenvalue weighted by atomic mass is 79.9. The minimum atomic E-state index is -0.203. The van der Waals surface area contributed by atoms with Gasteiger partial charge in [-0.1, -0.05) is 28.8 Å². The molecule has 1 aromatic rings. The van der Waals surface area contributed by atoms with Crippen LogP contribution in [0.25, 0.3) is 0 Å². The fraction of sp³-hybridized carbons (Fsp3) is 0.500. The zero-order chi connectivity index (χ0) is 13.8. The Bertz CT molecular complexity index is 464. The molecule has 1 amide bonds. The van der Waals surface area contributed by atoms with E-state index in [9.17, 15) is 15.0 Å². The van der Waals surface area contributed by atoms with Crippen molar-refractivity contribution in [3.63, 3.8) is 0 Å². The molecule has 1 fully saturated rings. The molecular formula is C14H18BrNO3. The number of phenols is 1. The van der Waals surface area contributed by atoms with Crippen LogP contribution < -0.4 is 0 Å². The summed E-state index contributed by atoms with van der Waals surface area (Å²) in [6.07, 6.45) is 3.87. The Morgan fingerprint density at radius 1 is 1.37 bits per heavy atom. The van der Waals surface area contributed by atoms with Crippen LogP contribution in [-0.2, 0) is 0 Å². The zero-order valence-electron chi connectivity index (χ0n) is 10.7. The topological polar surface area (TPSA) is 60.8 Å². The van der Waals surface area contributed by atoms with Gasteiger partial charge >= 0.3 is 0 Å². The standard InChI is InChI=1S/C14H18BrNO3/c15-10-5-6-12(13(18)8-10)14(19)16-7-3-1-2-4-11(16)9-17/h5-6,8,11,17-18H,1-4,7,9H2. The summed E-state index contributed by atoms with van der Waals surface area (Å²) in [6.45, 7) is 0.614. The summed E-state index contributed by atoms with van der Waals surface area (Å²) in [5.74, 6) is -0.230. The van der Waals surface area contributed by atoms with Gasteiger partial charge in [0, 0.05) is 11.0 Å². The fourth-order valence-corrected chi connectivity index (χ4v) is 2.82. The summed E-state index contributed by atoms with van der Waals surface area (Å²) in [6, 6.07) is 4.72. The van der Waals surface area contributed by atoms with Crippen molar-refractivity contribution in [2.45, 2.75) is 31.7 Å². The van der Waals surface area contributed by atoms with Crippen molar-refractivity contribution in [3.8, 4) is 5.75 Å². The van der Waals surface area contributed by atoms with E-state index in [1.165, 1.54) is 6.07 Å². The molecule has 1 aliphatic heterocycles. The number of carbonyl (C=O) groups excluding carboxylic acids is 1. The molecule has 0 spiro atoms. The Morgan fingerprint density at radius 3 is 2.84 bits per heavy atom. The lowest BCUT2D eigenvalue weighted by atomic mass is 10.1. The average molecular weight is 328 g/mol. The van der Waals surface area contributed by atoms with Gasteiger partial charge in [-0.3, -0.25) is 4.79 Å². The minimum Gasteiger partial charge on any atom is -0.507 e. The molecule has 2 rings (SSSR count). The van der Waals surface area contributed by atoms with Gasteiger partial charge < -0.3 is 15.1 Å². The predicted molar refractivity (Wildman–Crippen MR) is 76.2 cm³/mol. The molecule has 1 saturated heterocycles. The highest BCUT2D eigenvalue weighted by molar-refractivity contribution is 9.10. The molecule has 0 aromatic heterocycles. The van der Waals surface area contributed by atoms with Gasteiger partial charge in [0.1, 0.15) is 5.75 Å². The van der Waals surface area contributed by atoms with Crippen LogP contribution in [0, 0.1) is 0 Å². The molecule has 1 aromatic carbocycles. The van der Waals surface area contributed by atoms with Gasteiger partial charge in [0.25, 0.3) is 5.91 Å². The molecule has 0 aliphatic carbocycles. The number of aliphatic hydroxyl groups is 1. The maximum Gasteiger partial charge on any atom is 0.257 e. The highest BCUT2D eigenvalue weighted by Gasteiger charge is 2.27. The molecule has 0 bridgehead atoms. The monoisotopic (exact) mass is 327 g/mol. The first-order chi connectivity index (χ1) is 9.13. The van der Waals surface area contributed by atoms with E-state index < -0.39 is 0 Å². The van der Waals surface area contributed by atoms with E-state index in [1.807, 2.05) is 0 Å². The normalized spacial score (nSPS) is 20.1. The lowest BCUT2D eigenvalue weighted by Gasteiger charge is -2.29. The van der Waals surface area contributed by atoms with Crippen LogP contribution in [0.1, 0.15) is 36.0 Å². The fourth-order valence-electron chi connectivity index (χ4n) is 2.47. The first-order valence-electron chi connectivity index (χ1n) is 6.54. The number of benzene rings is 1. The van der Waals surface area contributed by atoms with Gasteiger partial charge in [-0.2, -0.15) is 0 Å². The van der Waals surface area contributed by atoms with Gasteiger partial charge in [0.2, 0.25) is 0 Å². The van der Waals surface area contributed by atoms with Gasteiger partial charge in [-0.25, -0.2) is 0 Å². The summed E-state index contributed by atoms with van der Waals surface area (Å²) >= 11 is 3.25. The molecule has 2 N–H and O–H groups in total. The van der Waals surface area contributed by atoms with Crippen LogP contribution in [-0.4, -0.2) is 40.2 Å². The van der Waals surface area contributed by atoms with Crippen molar-refractivity contribution in [2.24, 2.45) is 0 Å². The van der Waals surface area contributed by atoms with E-state index in [0.717, 1.165) is 30.2 Å². The molecule has 0 saturated carbocycles. The molecule has 5 heteroatoms. The predicted octanol–water partition coefficient (Wildman–Crippen LogP) is 2.53. The number of likely N-dealkylation sites (tertiary alicyclic amines) is 1. The SMILES string of the molecule is O=C(c1ccc(Br)cc1O)N1CCCCCC1CO. The van der Waals surface area contributed by atoms with Crippen molar-refractivity contribution >= 4 is 21.8 Å². The molecule has 104 valence electrons. The number of carbonyl (C=O) groups is 1. The van der Waals surface area contributed by atoms with Crippen LogP contribution in [0.2, 0.25) is 0 Å². The first kappa shape index (κ1) is 14.3. The number of nitrogens with zero attached hydrogens (tertiary/aromatic N) is 1. The molecule has 4 nitrogen and oxygen atoms in total. The number of hydrogen-bond acceptors (Lipinski definition) is 3. The summed E-state index contributed by atoms with van der Waals surface area (Å²) in [5, 5.41) is 19.3. The van der Waals surface area contributed by atoms with E-state index in [1.54, 1.807) is 17.0 Å². The minimum absolute atomic E-state index is 0.0248. The Morgan fingerprint density at radius 2 is 2.16 bits per heavy atom. The number of halogens is 1. The van der Waals surface area contributed by atoms with E-state index >= 15 is 0 Å². The van der Waals surface area contributed by atoms with E-state index in [4.69, 9.17) is 0 Å². The first-order valence-corrected chi connectivity index (χ1v) is 7.33. The molecule has 19 heavy (non-hydrogen) atoms. The van der Waals surface area contributed by atoms with Crippen molar-refractivity contribution in [2.75, 3.05) is 13.2 Å². The second-order valence-corrected chi connectivity index (χ2v) is 5.76. The van der Waals surface area contributed by atoms with Crippen LogP contribution in [0.3, 0.4) is 0 Å². The maximum atomic E-state index is 12.5. The van der Waals surface area contributed by atoms with Gasteiger partial charge in [-0.05, 0) is 31.0 Å². The van der Waals surface area contributed by atoms with Crippen LogP contribution in [0.15, 0.2) is 22.7 Å². The second-order valence-electron chi connectivity index (χ2n) is 4.85. The van der Waals surface area contributed by atoms with E-state index in [0.29, 0.717) is 12.1 Å². The van der Waals surface area contributed by atoms with Crippen molar-refractivity contribution in [1.29, 1.82) is 0 Å². The lowest BCUT2D eigenvalue weighted by Crippen LogP contribution is -2.42. The van der Waals surface area contributed by atoms with Crippen LogP contribution in [0.5, 0.6) is 5.75 Å². The van der Waals surface area contributed by atoms with Crippen molar-refractivity contribution in [3.05, 3.63) is 28.2 Å². The summed E-state index contributed by atoms with van der Waals surface area (Å²) in [5.41, 5.74) is 0.295. The van der Waals surface area contributed by atoms with Crippen molar-refractivity contribution in [1.82, 2.24) is 4.90 Å². The third kappa shape index (κ3) is 3.28. The van der Waals surface area contributed by atoms with Gasteiger partial charge in [0.05, 0.1) is 18.2 Å². The van der Waals surface area contributed by atoms with Crippen molar-refractivity contribution < 1.29 is 15.0 Å². The molecule has 1 aliphatic rings. The number of rotatable bonds is 2. The second kappa shape index (κ2) is 6.39. The molecule has 1 atom stereocenters. The van der Waals surface area contributed by atoms with Crippen LogP contribution in [0.4, 0.5) is 0 Å². The summed E-state index contributed by atoms with van der Waals surface area (Å²) in [7, 11) is 0. The number of aromatic hydroxyl groups is 1. The Labute approximate surface area is 121 Å². The third-order valence-electron chi connectivity index (χ3n) is 3.54. The maximum absolute atomic E-state index is 12.5. The Kier molecular flexibility index (Phi) is 4.82. The zero-order valence-corrected chi connectivity index (χ0v) is 12.3. The summed E-state index contributed by atoms with van der Waals surface area (Å²) in [4.78, 5) is 14.2. The third-order valence-corrected chi connectivity index (χ3v) is 4.03. The molecule has 1 unspecified atom stereocenters.